The first-order chi connectivity index (χ1) is 6.22. The number of aldehydes is 1. The number of benzene rings is 1. The molecule has 3 heteroatoms. The zero-order chi connectivity index (χ0) is 9.68. The zero-order valence-electron chi connectivity index (χ0n) is 7.06. The van der Waals surface area contributed by atoms with Gasteiger partial charge in [0.15, 0.2) is 0 Å². The van der Waals surface area contributed by atoms with Gasteiger partial charge in [-0.3, -0.25) is 4.79 Å². The van der Waals surface area contributed by atoms with Gasteiger partial charge in [-0.05, 0) is 24.3 Å². The number of ether oxygens (including phenoxy) is 1. The maximum Gasteiger partial charge on any atom is 0.150 e. The predicted molar refractivity (Wildman–Crippen MR) is 49.1 cm³/mol. The second-order valence-electron chi connectivity index (χ2n) is 2.54. The average Bonchev–Trinajstić information content (AvgIpc) is 2.15. The van der Waals surface area contributed by atoms with Gasteiger partial charge in [0.25, 0.3) is 0 Å². The highest BCUT2D eigenvalue weighted by Crippen LogP contribution is 2.11. The fourth-order valence-electron chi connectivity index (χ4n) is 0.809. The van der Waals surface area contributed by atoms with E-state index in [0.29, 0.717) is 11.3 Å². The molecule has 0 fully saturated rings. The Morgan fingerprint density at radius 2 is 2.08 bits per heavy atom. The molecule has 0 aliphatic carbocycles. The smallest absolute Gasteiger partial charge is 0.150 e. The van der Waals surface area contributed by atoms with Crippen molar-refractivity contribution in [1.29, 1.82) is 0 Å². The molecule has 0 saturated carbocycles. The van der Waals surface area contributed by atoms with Crippen molar-refractivity contribution >= 4 is 6.29 Å². The molecule has 0 saturated heterocycles. The van der Waals surface area contributed by atoms with E-state index in [4.69, 9.17) is 9.84 Å². The number of aliphatic hydroxyl groups is 1. The first kappa shape index (κ1) is 9.32. The second-order valence-corrected chi connectivity index (χ2v) is 2.54. The molecule has 1 aromatic carbocycles. The molecule has 0 unspecified atom stereocenters. The van der Waals surface area contributed by atoms with Gasteiger partial charge < -0.3 is 9.84 Å². The molecular weight excluding hydrogens is 168 g/mol. The lowest BCUT2D eigenvalue weighted by Crippen LogP contribution is -1.99. The molecule has 0 heterocycles. The first-order valence-electron chi connectivity index (χ1n) is 3.77. The van der Waals surface area contributed by atoms with E-state index in [0.717, 1.165) is 6.29 Å². The molecule has 0 aliphatic rings. The fourth-order valence-corrected chi connectivity index (χ4v) is 0.809. The van der Waals surface area contributed by atoms with Gasteiger partial charge in [0.05, 0.1) is 0 Å². The van der Waals surface area contributed by atoms with Crippen molar-refractivity contribution < 1.29 is 14.6 Å². The normalized spacial score (nSPS) is 9.23. The lowest BCUT2D eigenvalue weighted by Gasteiger charge is -2.03. The number of hydrogen-bond donors (Lipinski definition) is 1. The van der Waals surface area contributed by atoms with Gasteiger partial charge in [0.1, 0.15) is 24.4 Å². The van der Waals surface area contributed by atoms with Crippen LogP contribution in [0.25, 0.3) is 0 Å². The Hall–Kier alpha value is -1.77. The quantitative estimate of drug-likeness (QED) is 0.566. The highest BCUT2D eigenvalue weighted by atomic mass is 16.5. The molecule has 0 aromatic heterocycles. The van der Waals surface area contributed by atoms with Crippen molar-refractivity contribution in [3.63, 3.8) is 0 Å². The Morgan fingerprint density at radius 3 is 2.54 bits per heavy atom. The zero-order valence-corrected chi connectivity index (χ0v) is 7.06. The van der Waals surface area contributed by atoms with E-state index < -0.39 is 0 Å². The summed E-state index contributed by atoms with van der Waals surface area (Å²) in [5.74, 6) is 0.570. The largest absolute Gasteiger partial charge is 0.509 e. The van der Waals surface area contributed by atoms with Crippen molar-refractivity contribution in [2.24, 2.45) is 0 Å². The minimum absolute atomic E-state index is 0.0283. The van der Waals surface area contributed by atoms with Gasteiger partial charge in [0.2, 0.25) is 0 Å². The lowest BCUT2D eigenvalue weighted by molar-refractivity contribution is 0.112. The maximum atomic E-state index is 10.3. The van der Waals surface area contributed by atoms with Crippen LogP contribution in [0, 0.1) is 0 Å². The summed E-state index contributed by atoms with van der Waals surface area (Å²) in [4.78, 5) is 10.3. The Labute approximate surface area is 76.3 Å². The van der Waals surface area contributed by atoms with Gasteiger partial charge in [-0.2, -0.15) is 0 Å². The van der Waals surface area contributed by atoms with Crippen molar-refractivity contribution in [2.45, 2.75) is 0 Å². The van der Waals surface area contributed by atoms with Crippen LogP contribution in [-0.4, -0.2) is 18.0 Å². The summed E-state index contributed by atoms with van der Waals surface area (Å²) in [5.41, 5.74) is 0.593. The fraction of sp³-hybridized carbons (Fsp3) is 0.100. The van der Waals surface area contributed by atoms with E-state index in [1.807, 2.05) is 0 Å². The summed E-state index contributed by atoms with van der Waals surface area (Å²) in [5, 5.41) is 8.74. The summed E-state index contributed by atoms with van der Waals surface area (Å²) in [6.07, 6.45) is 0.759. The Bertz CT molecular complexity index is 300. The molecule has 0 bridgehead atoms. The van der Waals surface area contributed by atoms with E-state index in [2.05, 4.69) is 6.58 Å². The molecule has 1 N–H and O–H groups in total. The van der Waals surface area contributed by atoms with E-state index in [9.17, 15) is 4.79 Å². The summed E-state index contributed by atoms with van der Waals surface area (Å²) in [6, 6.07) is 6.60. The number of carbonyl (C=O) groups is 1. The van der Waals surface area contributed by atoms with Crippen LogP contribution in [0.3, 0.4) is 0 Å². The van der Waals surface area contributed by atoms with E-state index in [1.54, 1.807) is 24.3 Å². The third-order valence-corrected chi connectivity index (χ3v) is 1.42. The number of aliphatic hydroxyl groups excluding tert-OH is 1. The maximum absolute atomic E-state index is 10.3. The van der Waals surface area contributed by atoms with Gasteiger partial charge in [-0.25, -0.2) is 0 Å². The van der Waals surface area contributed by atoms with Crippen molar-refractivity contribution in [1.82, 2.24) is 0 Å². The summed E-state index contributed by atoms with van der Waals surface area (Å²) < 4.78 is 5.10. The third kappa shape index (κ3) is 2.99. The highest BCUT2D eigenvalue weighted by molar-refractivity contribution is 5.74. The molecule has 0 aliphatic heterocycles. The molecular formula is C10H10O3. The molecule has 0 atom stereocenters. The van der Waals surface area contributed by atoms with Crippen LogP contribution in [0.15, 0.2) is 36.6 Å². The molecule has 3 nitrogen and oxygen atoms in total. The third-order valence-electron chi connectivity index (χ3n) is 1.42. The minimum Gasteiger partial charge on any atom is -0.509 e. The molecule has 1 aromatic rings. The van der Waals surface area contributed by atoms with Gasteiger partial charge in [-0.1, -0.05) is 6.58 Å². The van der Waals surface area contributed by atoms with Crippen molar-refractivity contribution in [3.8, 4) is 5.75 Å². The summed E-state index contributed by atoms with van der Waals surface area (Å²) in [7, 11) is 0. The SMILES string of the molecule is C=C(O)COc1ccc(C=O)cc1. The molecule has 1 rings (SSSR count). The Morgan fingerprint density at radius 1 is 1.46 bits per heavy atom. The topological polar surface area (TPSA) is 46.5 Å². The standard InChI is InChI=1S/C10H10O3/c1-8(12)7-13-10-4-2-9(6-11)3-5-10/h2-6,12H,1,7H2. The van der Waals surface area contributed by atoms with Crippen LogP contribution in [0.5, 0.6) is 5.75 Å². The van der Waals surface area contributed by atoms with Gasteiger partial charge in [0, 0.05) is 5.56 Å². The van der Waals surface area contributed by atoms with E-state index in [-0.39, 0.29) is 12.4 Å². The van der Waals surface area contributed by atoms with Gasteiger partial charge in [-0.15, -0.1) is 0 Å². The second kappa shape index (κ2) is 4.30. The number of carbonyl (C=O) groups excluding carboxylic acids is 1. The monoisotopic (exact) mass is 178 g/mol. The average molecular weight is 178 g/mol. The molecule has 68 valence electrons. The van der Waals surface area contributed by atoms with Gasteiger partial charge >= 0.3 is 0 Å². The van der Waals surface area contributed by atoms with Crippen molar-refractivity contribution in [3.05, 3.63) is 42.2 Å². The van der Waals surface area contributed by atoms with Crippen LogP contribution in [0.1, 0.15) is 10.4 Å². The van der Waals surface area contributed by atoms with E-state index in [1.165, 1.54) is 0 Å². The molecule has 13 heavy (non-hydrogen) atoms. The van der Waals surface area contributed by atoms with Crippen molar-refractivity contribution in [2.75, 3.05) is 6.61 Å². The number of hydrogen-bond acceptors (Lipinski definition) is 3. The van der Waals surface area contributed by atoms with Crippen LogP contribution in [-0.2, 0) is 0 Å². The Balaban J connectivity index is 2.59. The molecule has 0 spiro atoms. The van der Waals surface area contributed by atoms with Crippen LogP contribution < -0.4 is 4.74 Å². The van der Waals surface area contributed by atoms with Crippen LogP contribution >= 0.6 is 0 Å². The predicted octanol–water partition coefficient (Wildman–Crippen LogP) is 1.95. The minimum atomic E-state index is -0.0283. The van der Waals surface area contributed by atoms with E-state index >= 15 is 0 Å². The van der Waals surface area contributed by atoms with Crippen LogP contribution in [0.2, 0.25) is 0 Å². The number of rotatable bonds is 4. The summed E-state index contributed by atoms with van der Waals surface area (Å²) in [6.45, 7) is 3.35. The summed E-state index contributed by atoms with van der Waals surface area (Å²) >= 11 is 0. The Kier molecular flexibility index (Phi) is 3.09. The highest BCUT2D eigenvalue weighted by Gasteiger charge is 1.94. The molecule has 0 radical (unpaired) electrons. The van der Waals surface area contributed by atoms with Crippen LogP contribution in [0.4, 0.5) is 0 Å². The first-order valence-corrected chi connectivity index (χ1v) is 3.77. The lowest BCUT2D eigenvalue weighted by atomic mass is 10.2. The molecule has 0 amide bonds.